The lowest BCUT2D eigenvalue weighted by atomic mass is 10.1. The van der Waals surface area contributed by atoms with E-state index >= 15 is 0 Å². The third kappa shape index (κ3) is 4.03. The number of carbonyl (C=O) groups is 1. The van der Waals surface area contributed by atoms with Crippen LogP contribution in [-0.4, -0.2) is 50.1 Å². The first kappa shape index (κ1) is 18.4. The molecule has 0 bridgehead atoms. The second kappa shape index (κ2) is 8.29. The maximum Gasteiger partial charge on any atom is 0.263 e. The van der Waals surface area contributed by atoms with Gasteiger partial charge in [0.1, 0.15) is 5.75 Å². The molecule has 1 aromatic heterocycles. The standard InChI is InChI=1S/C20H23N3O2S/c1-22(2)13-8-14-23(19(24)15-9-4-6-11-17(15)25-3)20-21-16-10-5-7-12-18(16)26-20/h4-7,9-12H,8,13-14H2,1-3H3. The van der Waals surface area contributed by atoms with Gasteiger partial charge in [0.15, 0.2) is 5.13 Å². The summed E-state index contributed by atoms with van der Waals surface area (Å²) < 4.78 is 6.46. The molecule has 1 heterocycles. The fraction of sp³-hybridized carbons (Fsp3) is 0.300. The van der Waals surface area contributed by atoms with E-state index in [9.17, 15) is 4.79 Å². The molecular formula is C20H23N3O2S. The van der Waals surface area contributed by atoms with Gasteiger partial charge < -0.3 is 9.64 Å². The van der Waals surface area contributed by atoms with Gasteiger partial charge in [0, 0.05) is 6.54 Å². The Balaban J connectivity index is 1.95. The number of fused-ring (bicyclic) bond motifs is 1. The molecule has 1 amide bonds. The summed E-state index contributed by atoms with van der Waals surface area (Å²) in [5.41, 5.74) is 1.47. The van der Waals surface area contributed by atoms with Crippen molar-refractivity contribution in [2.24, 2.45) is 0 Å². The average Bonchev–Trinajstić information content (AvgIpc) is 3.08. The summed E-state index contributed by atoms with van der Waals surface area (Å²) >= 11 is 1.54. The van der Waals surface area contributed by atoms with Gasteiger partial charge >= 0.3 is 0 Å². The maximum atomic E-state index is 13.3. The van der Waals surface area contributed by atoms with Gasteiger partial charge in [-0.1, -0.05) is 35.6 Å². The number of thiazole rings is 1. The number of aromatic nitrogens is 1. The first-order chi connectivity index (χ1) is 12.6. The fourth-order valence-corrected chi connectivity index (χ4v) is 3.76. The van der Waals surface area contributed by atoms with Crippen molar-refractivity contribution in [3.63, 3.8) is 0 Å². The summed E-state index contributed by atoms with van der Waals surface area (Å²) in [6, 6.07) is 15.3. The molecule has 2 aromatic carbocycles. The number of carbonyl (C=O) groups excluding carboxylic acids is 1. The highest BCUT2D eigenvalue weighted by molar-refractivity contribution is 7.22. The van der Waals surface area contributed by atoms with Crippen molar-refractivity contribution in [2.45, 2.75) is 6.42 Å². The van der Waals surface area contributed by atoms with Crippen molar-refractivity contribution in [2.75, 3.05) is 39.2 Å². The molecule has 0 N–H and O–H groups in total. The Kier molecular flexibility index (Phi) is 5.85. The average molecular weight is 369 g/mol. The van der Waals surface area contributed by atoms with E-state index in [1.807, 2.05) is 56.6 Å². The van der Waals surface area contributed by atoms with Crippen LogP contribution in [0.3, 0.4) is 0 Å². The molecule has 0 saturated heterocycles. The number of para-hydroxylation sites is 2. The zero-order valence-corrected chi connectivity index (χ0v) is 16.1. The number of anilines is 1. The van der Waals surface area contributed by atoms with Crippen molar-refractivity contribution in [3.05, 3.63) is 54.1 Å². The van der Waals surface area contributed by atoms with E-state index in [4.69, 9.17) is 4.74 Å². The van der Waals surface area contributed by atoms with Gasteiger partial charge in [0.05, 0.1) is 22.9 Å². The van der Waals surface area contributed by atoms with Crippen LogP contribution in [0, 0.1) is 0 Å². The second-order valence-electron chi connectivity index (χ2n) is 6.28. The van der Waals surface area contributed by atoms with E-state index in [1.54, 1.807) is 29.4 Å². The van der Waals surface area contributed by atoms with Gasteiger partial charge in [-0.25, -0.2) is 4.98 Å². The van der Waals surface area contributed by atoms with E-state index in [-0.39, 0.29) is 5.91 Å². The number of methoxy groups -OCH3 is 1. The van der Waals surface area contributed by atoms with E-state index in [0.29, 0.717) is 17.9 Å². The van der Waals surface area contributed by atoms with E-state index in [1.165, 1.54) is 0 Å². The summed E-state index contributed by atoms with van der Waals surface area (Å²) in [6.45, 7) is 1.51. The molecular weight excluding hydrogens is 346 g/mol. The van der Waals surface area contributed by atoms with Gasteiger partial charge in [-0.2, -0.15) is 0 Å². The zero-order valence-electron chi connectivity index (χ0n) is 15.3. The quantitative estimate of drug-likeness (QED) is 0.634. The van der Waals surface area contributed by atoms with Crippen molar-refractivity contribution in [3.8, 4) is 5.75 Å². The van der Waals surface area contributed by atoms with Crippen LogP contribution in [0.1, 0.15) is 16.8 Å². The van der Waals surface area contributed by atoms with Gasteiger partial charge in [-0.15, -0.1) is 0 Å². The van der Waals surface area contributed by atoms with Crippen LogP contribution in [-0.2, 0) is 0 Å². The molecule has 0 radical (unpaired) electrons. The first-order valence-corrected chi connectivity index (χ1v) is 9.37. The monoisotopic (exact) mass is 369 g/mol. The Morgan fingerprint density at radius 1 is 1.08 bits per heavy atom. The van der Waals surface area contributed by atoms with Crippen molar-refractivity contribution < 1.29 is 9.53 Å². The van der Waals surface area contributed by atoms with Crippen LogP contribution in [0.5, 0.6) is 5.75 Å². The van der Waals surface area contributed by atoms with Crippen LogP contribution in [0.4, 0.5) is 5.13 Å². The van der Waals surface area contributed by atoms with Crippen LogP contribution in [0.2, 0.25) is 0 Å². The summed E-state index contributed by atoms with van der Waals surface area (Å²) in [4.78, 5) is 21.8. The molecule has 0 fully saturated rings. The molecule has 136 valence electrons. The maximum absolute atomic E-state index is 13.3. The van der Waals surface area contributed by atoms with Gasteiger partial charge in [0.25, 0.3) is 5.91 Å². The normalized spacial score (nSPS) is 11.1. The molecule has 3 aromatic rings. The summed E-state index contributed by atoms with van der Waals surface area (Å²) in [5, 5.41) is 0.723. The van der Waals surface area contributed by atoms with Crippen molar-refractivity contribution in [1.82, 2.24) is 9.88 Å². The highest BCUT2D eigenvalue weighted by Gasteiger charge is 2.23. The smallest absolute Gasteiger partial charge is 0.263 e. The minimum Gasteiger partial charge on any atom is -0.496 e. The number of ether oxygens (including phenoxy) is 1. The van der Waals surface area contributed by atoms with Crippen LogP contribution in [0.15, 0.2) is 48.5 Å². The number of amides is 1. The molecule has 3 rings (SSSR count). The number of nitrogens with zero attached hydrogens (tertiary/aromatic N) is 3. The fourth-order valence-electron chi connectivity index (χ4n) is 2.77. The van der Waals surface area contributed by atoms with Crippen LogP contribution < -0.4 is 9.64 Å². The van der Waals surface area contributed by atoms with Gasteiger partial charge in [0.2, 0.25) is 0 Å². The number of rotatable bonds is 7. The number of benzene rings is 2. The molecule has 6 heteroatoms. The second-order valence-corrected chi connectivity index (χ2v) is 7.29. The predicted molar refractivity (Wildman–Crippen MR) is 107 cm³/mol. The molecule has 5 nitrogen and oxygen atoms in total. The topological polar surface area (TPSA) is 45.7 Å². The molecule has 26 heavy (non-hydrogen) atoms. The summed E-state index contributed by atoms with van der Waals surface area (Å²) in [7, 11) is 5.65. The zero-order chi connectivity index (χ0) is 18.5. The Bertz CT molecular complexity index is 858. The van der Waals surface area contributed by atoms with Crippen LogP contribution >= 0.6 is 11.3 Å². The Labute approximate surface area is 157 Å². The van der Waals surface area contributed by atoms with Crippen LogP contribution in [0.25, 0.3) is 10.2 Å². The molecule has 0 aliphatic carbocycles. The lowest BCUT2D eigenvalue weighted by Gasteiger charge is -2.22. The van der Waals surface area contributed by atoms with E-state index in [2.05, 4.69) is 9.88 Å². The third-order valence-electron chi connectivity index (χ3n) is 4.08. The van der Waals surface area contributed by atoms with Crippen molar-refractivity contribution >= 4 is 32.6 Å². The molecule has 0 spiro atoms. The van der Waals surface area contributed by atoms with Crippen molar-refractivity contribution in [1.29, 1.82) is 0 Å². The Morgan fingerprint density at radius 3 is 2.54 bits per heavy atom. The highest BCUT2D eigenvalue weighted by Crippen LogP contribution is 2.31. The summed E-state index contributed by atoms with van der Waals surface area (Å²) in [5.74, 6) is 0.497. The number of hydrogen-bond acceptors (Lipinski definition) is 5. The molecule has 0 aliphatic heterocycles. The van der Waals surface area contributed by atoms with E-state index < -0.39 is 0 Å². The molecule has 0 unspecified atom stereocenters. The minimum atomic E-state index is -0.0831. The molecule has 0 aliphatic rings. The van der Waals surface area contributed by atoms with E-state index in [0.717, 1.165) is 28.3 Å². The lowest BCUT2D eigenvalue weighted by molar-refractivity contribution is 0.0983. The molecule has 0 atom stereocenters. The SMILES string of the molecule is COc1ccccc1C(=O)N(CCCN(C)C)c1nc2ccccc2s1. The lowest BCUT2D eigenvalue weighted by Crippen LogP contribution is -2.33. The minimum absolute atomic E-state index is 0.0831. The first-order valence-electron chi connectivity index (χ1n) is 8.55. The highest BCUT2D eigenvalue weighted by atomic mass is 32.1. The number of hydrogen-bond donors (Lipinski definition) is 0. The summed E-state index contributed by atoms with van der Waals surface area (Å²) in [6.07, 6.45) is 0.865. The Hall–Kier alpha value is -2.44. The Morgan fingerprint density at radius 2 is 1.81 bits per heavy atom. The largest absolute Gasteiger partial charge is 0.496 e. The van der Waals surface area contributed by atoms with Gasteiger partial charge in [-0.3, -0.25) is 9.69 Å². The van der Waals surface area contributed by atoms with Gasteiger partial charge in [-0.05, 0) is 51.3 Å². The predicted octanol–water partition coefficient (Wildman–Crippen LogP) is 3.90. The molecule has 0 saturated carbocycles. The third-order valence-corrected chi connectivity index (χ3v) is 5.14.